The summed E-state index contributed by atoms with van der Waals surface area (Å²) in [6.07, 6.45) is 8.80. The third kappa shape index (κ3) is 3.17. The van der Waals surface area contributed by atoms with Gasteiger partial charge in [0.1, 0.15) is 5.65 Å². The van der Waals surface area contributed by atoms with Crippen molar-refractivity contribution in [3.8, 4) is 0 Å². The number of rotatable bonds is 5. The van der Waals surface area contributed by atoms with Gasteiger partial charge in [-0.3, -0.25) is 4.98 Å². The highest BCUT2D eigenvalue weighted by atomic mass is 32.1. The number of pyridine rings is 2. The van der Waals surface area contributed by atoms with Gasteiger partial charge in [0, 0.05) is 41.0 Å². The zero-order valence-electron chi connectivity index (χ0n) is 12.7. The van der Waals surface area contributed by atoms with Gasteiger partial charge in [-0.05, 0) is 53.6 Å². The van der Waals surface area contributed by atoms with Crippen molar-refractivity contribution < 1.29 is 0 Å². The van der Waals surface area contributed by atoms with E-state index >= 15 is 0 Å². The molecular formula is C19H17N3S. The SMILES string of the molecule is c1csc(CCc2ccc(Cc3c[nH]c4ncccc34)cn2)c1. The Morgan fingerprint density at radius 2 is 2.00 bits per heavy atom. The highest BCUT2D eigenvalue weighted by Crippen LogP contribution is 2.19. The molecule has 4 aromatic heterocycles. The Morgan fingerprint density at radius 3 is 2.83 bits per heavy atom. The predicted octanol–water partition coefficient (Wildman–Crippen LogP) is 4.40. The summed E-state index contributed by atoms with van der Waals surface area (Å²) in [7, 11) is 0. The normalized spacial score (nSPS) is 11.1. The fraction of sp³-hybridized carbons (Fsp3) is 0.158. The van der Waals surface area contributed by atoms with Crippen LogP contribution in [0, 0.1) is 0 Å². The zero-order valence-corrected chi connectivity index (χ0v) is 13.5. The lowest BCUT2D eigenvalue weighted by molar-refractivity contribution is 0.922. The first-order valence-corrected chi connectivity index (χ1v) is 8.63. The Bertz CT molecular complexity index is 892. The summed E-state index contributed by atoms with van der Waals surface area (Å²) in [6, 6.07) is 12.7. The molecule has 0 amide bonds. The maximum Gasteiger partial charge on any atom is 0.137 e. The number of H-pyrrole nitrogens is 1. The summed E-state index contributed by atoms with van der Waals surface area (Å²) >= 11 is 1.81. The minimum atomic E-state index is 0.879. The van der Waals surface area contributed by atoms with Gasteiger partial charge < -0.3 is 4.98 Å². The van der Waals surface area contributed by atoms with Gasteiger partial charge in [-0.2, -0.15) is 0 Å². The number of hydrogen-bond acceptors (Lipinski definition) is 3. The van der Waals surface area contributed by atoms with Crippen LogP contribution in [0.25, 0.3) is 11.0 Å². The number of fused-ring (bicyclic) bond motifs is 1. The number of hydrogen-bond donors (Lipinski definition) is 1. The molecule has 4 heteroatoms. The van der Waals surface area contributed by atoms with Crippen LogP contribution in [0.5, 0.6) is 0 Å². The lowest BCUT2D eigenvalue weighted by Crippen LogP contribution is -1.95. The molecule has 0 radical (unpaired) electrons. The maximum atomic E-state index is 4.62. The van der Waals surface area contributed by atoms with E-state index in [1.165, 1.54) is 21.4 Å². The van der Waals surface area contributed by atoms with Crippen LogP contribution in [0.2, 0.25) is 0 Å². The van der Waals surface area contributed by atoms with Crippen LogP contribution in [0.4, 0.5) is 0 Å². The second kappa shape index (κ2) is 6.34. The van der Waals surface area contributed by atoms with Crippen molar-refractivity contribution in [3.63, 3.8) is 0 Å². The average molecular weight is 319 g/mol. The van der Waals surface area contributed by atoms with Crippen molar-refractivity contribution in [3.05, 3.63) is 82.1 Å². The van der Waals surface area contributed by atoms with Crippen LogP contribution in [0.15, 0.2) is 60.4 Å². The van der Waals surface area contributed by atoms with Crippen LogP contribution in [0.3, 0.4) is 0 Å². The monoisotopic (exact) mass is 319 g/mol. The van der Waals surface area contributed by atoms with Crippen molar-refractivity contribution in [1.29, 1.82) is 0 Å². The Hall–Kier alpha value is -2.46. The molecular weight excluding hydrogens is 302 g/mol. The summed E-state index contributed by atoms with van der Waals surface area (Å²) in [4.78, 5) is 13.6. The molecule has 3 nitrogen and oxygen atoms in total. The smallest absolute Gasteiger partial charge is 0.137 e. The van der Waals surface area contributed by atoms with Gasteiger partial charge in [-0.15, -0.1) is 11.3 Å². The van der Waals surface area contributed by atoms with E-state index in [1.54, 1.807) is 0 Å². The fourth-order valence-corrected chi connectivity index (χ4v) is 3.50. The lowest BCUT2D eigenvalue weighted by Gasteiger charge is -2.03. The van der Waals surface area contributed by atoms with Gasteiger partial charge in [0.05, 0.1) is 0 Å². The van der Waals surface area contributed by atoms with Crippen molar-refractivity contribution in [2.45, 2.75) is 19.3 Å². The van der Waals surface area contributed by atoms with E-state index in [9.17, 15) is 0 Å². The van der Waals surface area contributed by atoms with Crippen LogP contribution < -0.4 is 0 Å². The highest BCUT2D eigenvalue weighted by Gasteiger charge is 2.05. The van der Waals surface area contributed by atoms with E-state index in [4.69, 9.17) is 0 Å². The molecule has 0 aliphatic heterocycles. The maximum absolute atomic E-state index is 4.62. The van der Waals surface area contributed by atoms with Gasteiger partial charge in [0.2, 0.25) is 0 Å². The molecule has 0 saturated carbocycles. The number of aromatic nitrogens is 3. The van der Waals surface area contributed by atoms with Gasteiger partial charge in [-0.1, -0.05) is 12.1 Å². The van der Waals surface area contributed by atoms with E-state index < -0.39 is 0 Å². The summed E-state index contributed by atoms with van der Waals surface area (Å²) in [5.74, 6) is 0. The van der Waals surface area contributed by atoms with Crippen molar-refractivity contribution in [1.82, 2.24) is 15.0 Å². The topological polar surface area (TPSA) is 41.6 Å². The fourth-order valence-electron chi connectivity index (χ4n) is 2.79. The van der Waals surface area contributed by atoms with Crippen LogP contribution in [-0.2, 0) is 19.3 Å². The first-order chi connectivity index (χ1) is 11.4. The van der Waals surface area contributed by atoms with Crippen LogP contribution >= 0.6 is 11.3 Å². The first-order valence-electron chi connectivity index (χ1n) is 7.76. The third-order valence-electron chi connectivity index (χ3n) is 4.02. The molecule has 4 rings (SSSR count). The second-order valence-corrected chi connectivity index (χ2v) is 6.66. The standard InChI is InChI=1S/C19H17N3S/c1-4-18-15(13-22-19(18)20-9-1)11-14-5-6-16(21-12-14)7-8-17-3-2-10-23-17/h1-6,9-10,12-13H,7-8,11H2,(H,20,22). The Labute approximate surface area is 139 Å². The molecule has 0 aliphatic carbocycles. The van der Waals surface area contributed by atoms with Gasteiger partial charge in [0.15, 0.2) is 0 Å². The van der Waals surface area contributed by atoms with Crippen molar-refractivity contribution in [2.24, 2.45) is 0 Å². The quantitative estimate of drug-likeness (QED) is 0.592. The Balaban J connectivity index is 1.45. The van der Waals surface area contributed by atoms with Crippen molar-refractivity contribution in [2.75, 3.05) is 0 Å². The molecule has 4 heterocycles. The number of nitrogens with one attached hydrogen (secondary N) is 1. The summed E-state index contributed by atoms with van der Waals surface area (Å²) in [5, 5.41) is 3.32. The van der Waals surface area contributed by atoms with Crippen molar-refractivity contribution >= 4 is 22.4 Å². The number of aryl methyl sites for hydroxylation is 2. The number of thiophene rings is 1. The Kier molecular flexibility index (Phi) is 3.90. The van der Waals surface area contributed by atoms with Gasteiger partial charge in [-0.25, -0.2) is 4.98 Å². The lowest BCUT2D eigenvalue weighted by atomic mass is 10.1. The van der Waals surface area contributed by atoms with Gasteiger partial charge in [0.25, 0.3) is 0 Å². The molecule has 4 aromatic rings. The summed E-state index contributed by atoms with van der Waals surface area (Å²) < 4.78 is 0. The van der Waals surface area contributed by atoms with Crippen LogP contribution in [-0.4, -0.2) is 15.0 Å². The predicted molar refractivity (Wildman–Crippen MR) is 94.9 cm³/mol. The molecule has 0 spiro atoms. The molecule has 0 aromatic carbocycles. The Morgan fingerprint density at radius 1 is 1.00 bits per heavy atom. The molecule has 114 valence electrons. The largest absolute Gasteiger partial charge is 0.346 e. The first kappa shape index (κ1) is 14.2. The summed E-state index contributed by atoms with van der Waals surface area (Å²) in [6.45, 7) is 0. The molecule has 0 saturated heterocycles. The molecule has 0 fully saturated rings. The zero-order chi connectivity index (χ0) is 15.5. The molecule has 0 unspecified atom stereocenters. The van der Waals surface area contributed by atoms with E-state index in [0.29, 0.717) is 0 Å². The highest BCUT2D eigenvalue weighted by molar-refractivity contribution is 7.09. The number of aromatic amines is 1. The minimum Gasteiger partial charge on any atom is -0.346 e. The molecule has 0 bridgehead atoms. The second-order valence-electron chi connectivity index (χ2n) is 5.63. The minimum absolute atomic E-state index is 0.879. The van der Waals surface area contributed by atoms with E-state index in [0.717, 1.165) is 30.6 Å². The molecule has 0 aliphatic rings. The number of nitrogens with zero attached hydrogens (tertiary/aromatic N) is 2. The summed E-state index contributed by atoms with van der Waals surface area (Å²) in [5.41, 5.74) is 4.60. The average Bonchev–Trinajstić information content (AvgIpc) is 3.25. The molecule has 1 N–H and O–H groups in total. The third-order valence-corrected chi connectivity index (χ3v) is 4.96. The van der Waals surface area contributed by atoms with E-state index in [2.05, 4.69) is 50.7 Å². The molecule has 0 atom stereocenters. The van der Waals surface area contributed by atoms with E-state index in [1.807, 2.05) is 36.0 Å². The molecule has 23 heavy (non-hydrogen) atoms. The van der Waals surface area contributed by atoms with E-state index in [-0.39, 0.29) is 0 Å². The van der Waals surface area contributed by atoms with Gasteiger partial charge >= 0.3 is 0 Å². The van der Waals surface area contributed by atoms with Crippen LogP contribution in [0.1, 0.15) is 21.7 Å².